The molecule has 1 aliphatic rings. The number of rotatable bonds is 5. The van der Waals surface area contributed by atoms with Crippen LogP contribution in [0.4, 0.5) is 16.2 Å². The molecule has 138 valence electrons. The molecule has 0 aromatic heterocycles. The molecule has 0 bridgehead atoms. The fraction of sp³-hybridized carbons (Fsp3) is 0.350. The summed E-state index contributed by atoms with van der Waals surface area (Å²) in [7, 11) is 3.71. The summed E-state index contributed by atoms with van der Waals surface area (Å²) in [5.74, 6) is 0.611. The maximum absolute atomic E-state index is 12.2. The molecule has 0 saturated carbocycles. The lowest BCUT2D eigenvalue weighted by Gasteiger charge is -2.34. The van der Waals surface area contributed by atoms with Crippen LogP contribution in [-0.2, 0) is 11.3 Å². The van der Waals surface area contributed by atoms with Gasteiger partial charge in [-0.3, -0.25) is 5.32 Å². The molecule has 6 nitrogen and oxygen atoms in total. The van der Waals surface area contributed by atoms with E-state index in [2.05, 4.69) is 22.2 Å². The lowest BCUT2D eigenvalue weighted by Crippen LogP contribution is -2.44. The summed E-state index contributed by atoms with van der Waals surface area (Å²) < 4.78 is 10.7. The van der Waals surface area contributed by atoms with E-state index in [1.54, 1.807) is 7.11 Å². The number of nitrogens with one attached hydrogen (secondary N) is 1. The van der Waals surface area contributed by atoms with E-state index < -0.39 is 6.09 Å². The van der Waals surface area contributed by atoms with Gasteiger partial charge in [-0.15, -0.1) is 0 Å². The number of nitrogens with zero attached hydrogens (tertiary/aromatic N) is 2. The van der Waals surface area contributed by atoms with Crippen LogP contribution < -0.4 is 15.0 Å². The van der Waals surface area contributed by atoms with Gasteiger partial charge in [-0.05, 0) is 30.8 Å². The number of amides is 1. The monoisotopic (exact) mass is 355 g/mol. The molecule has 1 saturated heterocycles. The summed E-state index contributed by atoms with van der Waals surface area (Å²) in [6, 6.07) is 15.4. The molecule has 0 unspecified atom stereocenters. The molecule has 2 aromatic rings. The van der Waals surface area contributed by atoms with Gasteiger partial charge < -0.3 is 19.3 Å². The average Bonchev–Trinajstić information content (AvgIpc) is 2.68. The smallest absolute Gasteiger partial charge is 0.412 e. The maximum atomic E-state index is 12.2. The number of anilines is 2. The molecule has 1 amide bonds. The third kappa shape index (κ3) is 4.67. The van der Waals surface area contributed by atoms with Gasteiger partial charge in [0.15, 0.2) is 0 Å². The molecule has 0 atom stereocenters. The molecule has 3 rings (SSSR count). The fourth-order valence-electron chi connectivity index (χ4n) is 2.92. The van der Waals surface area contributed by atoms with E-state index in [1.165, 1.54) is 0 Å². The van der Waals surface area contributed by atoms with Gasteiger partial charge in [-0.2, -0.15) is 0 Å². The third-order valence-corrected chi connectivity index (χ3v) is 4.50. The predicted octanol–water partition coefficient (Wildman–Crippen LogP) is 3.20. The Hall–Kier alpha value is -2.73. The van der Waals surface area contributed by atoms with Gasteiger partial charge in [0.1, 0.15) is 12.4 Å². The molecule has 1 N–H and O–H groups in total. The molecule has 1 aliphatic heterocycles. The highest BCUT2D eigenvalue weighted by molar-refractivity contribution is 5.87. The number of piperazine rings is 1. The van der Waals surface area contributed by atoms with Crippen molar-refractivity contribution in [2.45, 2.75) is 6.61 Å². The van der Waals surface area contributed by atoms with Crippen molar-refractivity contribution in [1.82, 2.24) is 4.90 Å². The Labute approximate surface area is 154 Å². The largest absolute Gasteiger partial charge is 0.495 e. The standard InChI is InChI=1S/C20H25N3O3/c1-22-10-12-23(13-11-22)17-8-9-19(25-2)18(14-17)21-20(24)26-15-16-6-4-3-5-7-16/h3-9,14H,10-13,15H2,1-2H3,(H,21,24). The number of likely N-dealkylation sites (N-methyl/N-ethyl adjacent to an activating group) is 1. The quantitative estimate of drug-likeness (QED) is 0.893. The molecular weight excluding hydrogens is 330 g/mol. The van der Waals surface area contributed by atoms with E-state index in [9.17, 15) is 4.79 Å². The average molecular weight is 355 g/mol. The van der Waals surface area contributed by atoms with Crippen molar-refractivity contribution in [1.29, 1.82) is 0 Å². The molecule has 26 heavy (non-hydrogen) atoms. The molecule has 0 spiro atoms. The Morgan fingerprint density at radius 2 is 1.81 bits per heavy atom. The zero-order valence-corrected chi connectivity index (χ0v) is 15.3. The van der Waals surface area contributed by atoms with E-state index in [0.717, 1.165) is 37.4 Å². The second kappa shape index (κ2) is 8.58. The van der Waals surface area contributed by atoms with Crippen molar-refractivity contribution < 1.29 is 14.3 Å². The molecule has 6 heteroatoms. The van der Waals surface area contributed by atoms with Gasteiger partial charge in [0.05, 0.1) is 12.8 Å². The number of ether oxygens (including phenoxy) is 2. The highest BCUT2D eigenvalue weighted by Gasteiger charge is 2.17. The van der Waals surface area contributed by atoms with Crippen LogP contribution in [0.5, 0.6) is 5.75 Å². The van der Waals surface area contributed by atoms with Crippen molar-refractivity contribution in [2.24, 2.45) is 0 Å². The van der Waals surface area contributed by atoms with Crippen molar-refractivity contribution >= 4 is 17.5 Å². The fourth-order valence-corrected chi connectivity index (χ4v) is 2.92. The number of carbonyl (C=O) groups excluding carboxylic acids is 1. The van der Waals surface area contributed by atoms with Crippen molar-refractivity contribution in [3.63, 3.8) is 0 Å². The van der Waals surface area contributed by atoms with Crippen LogP contribution in [-0.4, -0.2) is 51.3 Å². The van der Waals surface area contributed by atoms with Crippen molar-refractivity contribution in [2.75, 3.05) is 50.6 Å². The van der Waals surface area contributed by atoms with Crippen LogP contribution in [0.15, 0.2) is 48.5 Å². The summed E-state index contributed by atoms with van der Waals surface area (Å²) in [5.41, 5.74) is 2.63. The van der Waals surface area contributed by atoms with E-state index in [1.807, 2.05) is 48.5 Å². The Bertz CT molecular complexity index is 728. The number of benzene rings is 2. The van der Waals surface area contributed by atoms with E-state index in [4.69, 9.17) is 9.47 Å². The first-order valence-electron chi connectivity index (χ1n) is 8.75. The zero-order chi connectivity index (χ0) is 18.4. The lowest BCUT2D eigenvalue weighted by atomic mass is 10.2. The van der Waals surface area contributed by atoms with Crippen LogP contribution in [0.25, 0.3) is 0 Å². The summed E-state index contributed by atoms with van der Waals surface area (Å²) in [6.07, 6.45) is -0.498. The van der Waals surface area contributed by atoms with E-state index in [-0.39, 0.29) is 6.61 Å². The van der Waals surface area contributed by atoms with Gasteiger partial charge in [-0.25, -0.2) is 4.79 Å². The first kappa shape index (κ1) is 18.1. The number of hydrogen-bond acceptors (Lipinski definition) is 5. The first-order valence-corrected chi connectivity index (χ1v) is 8.75. The lowest BCUT2D eigenvalue weighted by molar-refractivity contribution is 0.155. The highest BCUT2D eigenvalue weighted by atomic mass is 16.5. The maximum Gasteiger partial charge on any atom is 0.412 e. The zero-order valence-electron chi connectivity index (χ0n) is 15.3. The summed E-state index contributed by atoms with van der Waals surface area (Å²) >= 11 is 0. The Morgan fingerprint density at radius 3 is 2.50 bits per heavy atom. The van der Waals surface area contributed by atoms with Gasteiger partial charge >= 0.3 is 6.09 Å². The second-order valence-electron chi connectivity index (χ2n) is 6.36. The van der Waals surface area contributed by atoms with E-state index in [0.29, 0.717) is 11.4 Å². The first-order chi connectivity index (χ1) is 12.7. The third-order valence-electron chi connectivity index (χ3n) is 4.50. The second-order valence-corrected chi connectivity index (χ2v) is 6.36. The van der Waals surface area contributed by atoms with Gasteiger partial charge in [0, 0.05) is 31.9 Å². The van der Waals surface area contributed by atoms with Crippen LogP contribution in [0, 0.1) is 0 Å². The highest BCUT2D eigenvalue weighted by Crippen LogP contribution is 2.30. The SMILES string of the molecule is COc1ccc(N2CCN(C)CC2)cc1NC(=O)OCc1ccccc1. The predicted molar refractivity (Wildman–Crippen MR) is 103 cm³/mol. The summed E-state index contributed by atoms with van der Waals surface area (Å²) in [6.45, 7) is 4.19. The number of carbonyl (C=O) groups is 1. The van der Waals surface area contributed by atoms with Crippen LogP contribution in [0.2, 0.25) is 0 Å². The van der Waals surface area contributed by atoms with Crippen LogP contribution in [0.1, 0.15) is 5.56 Å². The van der Waals surface area contributed by atoms with Crippen molar-refractivity contribution in [3.8, 4) is 5.75 Å². The molecule has 1 heterocycles. The van der Waals surface area contributed by atoms with Crippen molar-refractivity contribution in [3.05, 3.63) is 54.1 Å². The van der Waals surface area contributed by atoms with Crippen LogP contribution in [0.3, 0.4) is 0 Å². The van der Waals surface area contributed by atoms with Gasteiger partial charge in [-0.1, -0.05) is 30.3 Å². The summed E-state index contributed by atoms with van der Waals surface area (Å²) in [5, 5.41) is 2.80. The minimum absolute atomic E-state index is 0.229. The Morgan fingerprint density at radius 1 is 1.08 bits per heavy atom. The minimum atomic E-state index is -0.498. The van der Waals surface area contributed by atoms with E-state index >= 15 is 0 Å². The Balaban J connectivity index is 1.65. The topological polar surface area (TPSA) is 54.0 Å². The molecule has 0 radical (unpaired) electrons. The number of hydrogen-bond donors (Lipinski definition) is 1. The van der Waals surface area contributed by atoms with Gasteiger partial charge in [0.25, 0.3) is 0 Å². The number of methoxy groups -OCH3 is 1. The molecular formula is C20H25N3O3. The Kier molecular flexibility index (Phi) is 5.96. The van der Waals surface area contributed by atoms with Gasteiger partial charge in [0.2, 0.25) is 0 Å². The normalized spacial score (nSPS) is 14.8. The molecule has 1 fully saturated rings. The minimum Gasteiger partial charge on any atom is -0.495 e. The summed E-state index contributed by atoms with van der Waals surface area (Å²) in [4.78, 5) is 16.8. The molecule has 0 aliphatic carbocycles. The van der Waals surface area contributed by atoms with Crippen LogP contribution >= 0.6 is 0 Å². The molecule has 2 aromatic carbocycles.